The second-order valence-electron chi connectivity index (χ2n) is 4.02. The van der Waals surface area contributed by atoms with Crippen molar-refractivity contribution in [2.45, 2.75) is 19.5 Å². The average Bonchev–Trinajstić information content (AvgIpc) is 3.10. The van der Waals surface area contributed by atoms with Crippen LogP contribution in [0.25, 0.3) is 0 Å². The zero-order valence-electron chi connectivity index (χ0n) is 9.34. The van der Waals surface area contributed by atoms with Gasteiger partial charge in [-0.15, -0.1) is 0 Å². The van der Waals surface area contributed by atoms with Crippen LogP contribution in [0.5, 0.6) is 11.5 Å². The third kappa shape index (κ3) is 3.28. The zero-order chi connectivity index (χ0) is 13.1. The minimum absolute atomic E-state index is 0.0172. The number of ether oxygens (including phenoxy) is 2. The van der Waals surface area contributed by atoms with Gasteiger partial charge in [0.05, 0.1) is 17.6 Å². The van der Waals surface area contributed by atoms with Gasteiger partial charge in [-0.05, 0) is 24.8 Å². The van der Waals surface area contributed by atoms with Crippen molar-refractivity contribution in [3.8, 4) is 11.5 Å². The molecule has 98 valence electrons. The van der Waals surface area contributed by atoms with E-state index in [0.717, 1.165) is 31.0 Å². The fourth-order valence-corrected chi connectivity index (χ4v) is 1.41. The molecule has 5 nitrogen and oxygen atoms in total. The van der Waals surface area contributed by atoms with E-state index >= 15 is 0 Å². The van der Waals surface area contributed by atoms with E-state index in [1.165, 1.54) is 0 Å². The number of nitrogens with zero attached hydrogens (tertiary/aromatic N) is 1. The number of rotatable bonds is 6. The van der Waals surface area contributed by atoms with Crippen LogP contribution in [0.2, 0.25) is 0 Å². The van der Waals surface area contributed by atoms with E-state index < -0.39 is 11.5 Å². The number of alkyl halides is 2. The molecule has 7 heteroatoms. The standard InChI is InChI=1S/C11H11F2NO4/c12-11(13)18-9-4-3-8(14(15)16)5-10(9)17-6-7-1-2-7/h3-5,7,11H,1-2,6H2. The van der Waals surface area contributed by atoms with Crippen LogP contribution in [0.4, 0.5) is 14.5 Å². The summed E-state index contributed by atoms with van der Waals surface area (Å²) in [5, 5.41) is 10.6. The third-order valence-corrected chi connectivity index (χ3v) is 2.53. The van der Waals surface area contributed by atoms with Crippen LogP contribution in [0.3, 0.4) is 0 Å². The highest BCUT2D eigenvalue weighted by molar-refractivity contribution is 5.48. The number of nitro benzene ring substituents is 1. The number of hydrogen-bond donors (Lipinski definition) is 0. The van der Waals surface area contributed by atoms with Crippen LogP contribution in [0.15, 0.2) is 18.2 Å². The molecule has 1 aromatic rings. The van der Waals surface area contributed by atoms with Gasteiger partial charge < -0.3 is 9.47 Å². The van der Waals surface area contributed by atoms with Crippen LogP contribution >= 0.6 is 0 Å². The van der Waals surface area contributed by atoms with E-state index in [2.05, 4.69) is 4.74 Å². The summed E-state index contributed by atoms with van der Waals surface area (Å²) in [6, 6.07) is 3.31. The van der Waals surface area contributed by atoms with Gasteiger partial charge in [0.1, 0.15) is 0 Å². The van der Waals surface area contributed by atoms with Gasteiger partial charge in [-0.1, -0.05) is 0 Å². The van der Waals surface area contributed by atoms with Crippen molar-refractivity contribution in [3.05, 3.63) is 28.3 Å². The summed E-state index contributed by atoms with van der Waals surface area (Å²) < 4.78 is 33.9. The largest absolute Gasteiger partial charge is 0.489 e. The minimum Gasteiger partial charge on any atom is -0.489 e. The van der Waals surface area contributed by atoms with Gasteiger partial charge in [0.2, 0.25) is 0 Å². The number of nitro groups is 1. The third-order valence-electron chi connectivity index (χ3n) is 2.53. The molecular weight excluding hydrogens is 248 g/mol. The van der Waals surface area contributed by atoms with Crippen LogP contribution in [-0.4, -0.2) is 18.1 Å². The number of halogens is 2. The van der Waals surface area contributed by atoms with Crippen molar-refractivity contribution in [3.63, 3.8) is 0 Å². The summed E-state index contributed by atoms with van der Waals surface area (Å²) in [6.07, 6.45) is 2.06. The summed E-state index contributed by atoms with van der Waals surface area (Å²) in [5.41, 5.74) is -0.220. The lowest BCUT2D eigenvalue weighted by Gasteiger charge is -2.11. The Labute approximate surface area is 101 Å². The fourth-order valence-electron chi connectivity index (χ4n) is 1.41. The monoisotopic (exact) mass is 259 g/mol. The Morgan fingerprint density at radius 1 is 1.39 bits per heavy atom. The summed E-state index contributed by atoms with van der Waals surface area (Å²) in [4.78, 5) is 9.98. The topological polar surface area (TPSA) is 61.6 Å². The molecule has 2 rings (SSSR count). The van der Waals surface area contributed by atoms with Gasteiger partial charge in [-0.3, -0.25) is 10.1 Å². The first kappa shape index (κ1) is 12.5. The van der Waals surface area contributed by atoms with Gasteiger partial charge in [0, 0.05) is 6.07 Å². The summed E-state index contributed by atoms with van der Waals surface area (Å²) in [5.74, 6) is 0.205. The molecule has 0 bridgehead atoms. The highest BCUT2D eigenvalue weighted by atomic mass is 19.3. The molecule has 1 saturated carbocycles. The van der Waals surface area contributed by atoms with E-state index in [9.17, 15) is 18.9 Å². The maximum atomic E-state index is 12.2. The first-order valence-corrected chi connectivity index (χ1v) is 5.42. The van der Waals surface area contributed by atoms with Crippen molar-refractivity contribution in [2.75, 3.05) is 6.61 Å². The highest BCUT2D eigenvalue weighted by Crippen LogP contribution is 2.35. The molecule has 0 atom stereocenters. The lowest BCUT2D eigenvalue weighted by atomic mass is 10.3. The summed E-state index contributed by atoms with van der Waals surface area (Å²) in [6.45, 7) is -2.63. The minimum atomic E-state index is -2.99. The highest BCUT2D eigenvalue weighted by Gasteiger charge is 2.23. The molecule has 0 unspecified atom stereocenters. The summed E-state index contributed by atoms with van der Waals surface area (Å²) >= 11 is 0. The molecule has 0 radical (unpaired) electrons. The first-order valence-electron chi connectivity index (χ1n) is 5.42. The second kappa shape index (κ2) is 5.16. The Morgan fingerprint density at radius 3 is 2.67 bits per heavy atom. The normalized spacial score (nSPS) is 14.6. The van der Waals surface area contributed by atoms with Crippen LogP contribution in [-0.2, 0) is 0 Å². The van der Waals surface area contributed by atoms with Crippen molar-refractivity contribution in [2.24, 2.45) is 5.92 Å². The maximum Gasteiger partial charge on any atom is 0.387 e. The fraction of sp³-hybridized carbons (Fsp3) is 0.455. The molecular formula is C11H11F2NO4. The number of benzene rings is 1. The average molecular weight is 259 g/mol. The molecule has 0 amide bonds. The van der Waals surface area contributed by atoms with E-state index in [0.29, 0.717) is 12.5 Å². The van der Waals surface area contributed by atoms with Crippen LogP contribution in [0, 0.1) is 16.0 Å². The van der Waals surface area contributed by atoms with Crippen molar-refractivity contribution < 1.29 is 23.2 Å². The van der Waals surface area contributed by atoms with E-state index in [-0.39, 0.29) is 17.2 Å². The first-order chi connectivity index (χ1) is 8.56. The van der Waals surface area contributed by atoms with E-state index in [4.69, 9.17) is 4.74 Å². The van der Waals surface area contributed by atoms with Crippen LogP contribution < -0.4 is 9.47 Å². The molecule has 0 heterocycles. The predicted molar refractivity (Wildman–Crippen MR) is 57.9 cm³/mol. The van der Waals surface area contributed by atoms with E-state index in [1.807, 2.05) is 0 Å². The predicted octanol–water partition coefficient (Wildman–Crippen LogP) is 2.99. The molecule has 0 N–H and O–H groups in total. The SMILES string of the molecule is O=[N+]([O-])c1ccc(OC(F)F)c(OCC2CC2)c1. The zero-order valence-corrected chi connectivity index (χ0v) is 9.34. The number of hydrogen-bond acceptors (Lipinski definition) is 4. The number of non-ortho nitro benzene ring substituents is 1. The van der Waals surface area contributed by atoms with Crippen LogP contribution in [0.1, 0.15) is 12.8 Å². The Balaban J connectivity index is 2.17. The van der Waals surface area contributed by atoms with Gasteiger partial charge in [0.25, 0.3) is 5.69 Å². The summed E-state index contributed by atoms with van der Waals surface area (Å²) in [7, 11) is 0. The Morgan fingerprint density at radius 2 is 2.11 bits per heavy atom. The van der Waals surface area contributed by atoms with Gasteiger partial charge in [-0.25, -0.2) is 0 Å². The van der Waals surface area contributed by atoms with Crippen molar-refractivity contribution in [1.82, 2.24) is 0 Å². The molecule has 18 heavy (non-hydrogen) atoms. The lowest BCUT2D eigenvalue weighted by Crippen LogP contribution is -2.06. The quantitative estimate of drug-likeness (QED) is 0.582. The molecule has 1 aliphatic rings. The van der Waals surface area contributed by atoms with Gasteiger partial charge in [-0.2, -0.15) is 8.78 Å². The van der Waals surface area contributed by atoms with E-state index in [1.54, 1.807) is 0 Å². The molecule has 1 aromatic carbocycles. The van der Waals surface area contributed by atoms with Crippen molar-refractivity contribution in [1.29, 1.82) is 0 Å². The molecule has 0 aromatic heterocycles. The Bertz CT molecular complexity index is 449. The lowest BCUT2D eigenvalue weighted by molar-refractivity contribution is -0.385. The Kier molecular flexibility index (Phi) is 3.59. The molecule has 1 fully saturated rings. The molecule has 0 aliphatic heterocycles. The molecule has 0 saturated heterocycles. The Hall–Kier alpha value is -1.92. The molecule has 1 aliphatic carbocycles. The smallest absolute Gasteiger partial charge is 0.387 e. The second-order valence-corrected chi connectivity index (χ2v) is 4.02. The van der Waals surface area contributed by atoms with Gasteiger partial charge >= 0.3 is 6.61 Å². The van der Waals surface area contributed by atoms with Gasteiger partial charge in [0.15, 0.2) is 11.5 Å². The maximum absolute atomic E-state index is 12.2. The van der Waals surface area contributed by atoms with Crippen molar-refractivity contribution >= 4 is 5.69 Å². The molecule has 0 spiro atoms.